The van der Waals surface area contributed by atoms with Crippen LogP contribution in [0.3, 0.4) is 0 Å². The average Bonchev–Trinajstić information content (AvgIpc) is 2.78. The summed E-state index contributed by atoms with van der Waals surface area (Å²) in [6.45, 7) is 0. The Morgan fingerprint density at radius 3 is 3.00 bits per heavy atom. The summed E-state index contributed by atoms with van der Waals surface area (Å²) in [5, 5.41) is 4.97. The normalized spacial score (nSPS) is 11.0. The SMILES string of the molecule is Fc1ccc(-n2ncc3c(=S)nc[nH]c32)cc1Cl. The smallest absolute Gasteiger partial charge is 0.145 e. The van der Waals surface area contributed by atoms with E-state index in [0.29, 0.717) is 16.0 Å². The van der Waals surface area contributed by atoms with Gasteiger partial charge in [0.2, 0.25) is 0 Å². The molecule has 0 bridgehead atoms. The number of benzene rings is 1. The molecule has 0 fully saturated rings. The summed E-state index contributed by atoms with van der Waals surface area (Å²) >= 11 is 10.8. The molecule has 3 rings (SSSR count). The number of hydrogen-bond acceptors (Lipinski definition) is 3. The summed E-state index contributed by atoms with van der Waals surface area (Å²) in [6, 6.07) is 4.38. The van der Waals surface area contributed by atoms with E-state index < -0.39 is 5.82 Å². The van der Waals surface area contributed by atoms with E-state index in [-0.39, 0.29) is 5.02 Å². The first-order valence-electron chi connectivity index (χ1n) is 5.03. The van der Waals surface area contributed by atoms with Crippen LogP contribution in [-0.2, 0) is 0 Å². The monoisotopic (exact) mass is 280 g/mol. The Balaban J connectivity index is 2.29. The molecule has 0 radical (unpaired) electrons. The molecule has 0 unspecified atom stereocenters. The summed E-state index contributed by atoms with van der Waals surface area (Å²) in [7, 11) is 0. The first-order valence-corrected chi connectivity index (χ1v) is 5.82. The number of rotatable bonds is 1. The Kier molecular flexibility index (Phi) is 2.61. The van der Waals surface area contributed by atoms with Gasteiger partial charge in [-0.25, -0.2) is 14.1 Å². The summed E-state index contributed by atoms with van der Waals surface area (Å²) < 4.78 is 15.2. The lowest BCUT2D eigenvalue weighted by atomic mass is 10.3. The number of hydrogen-bond donors (Lipinski definition) is 1. The standard InChI is InChI=1S/C11H6ClFN4S/c12-8-3-6(1-2-9(8)13)17-10-7(4-16-17)11(18)15-5-14-10/h1-5H,(H,14,15,18). The van der Waals surface area contributed by atoms with Crippen LogP contribution in [0.25, 0.3) is 16.7 Å². The van der Waals surface area contributed by atoms with Crippen molar-refractivity contribution >= 4 is 34.9 Å². The molecule has 4 nitrogen and oxygen atoms in total. The second-order valence-corrected chi connectivity index (χ2v) is 4.42. The van der Waals surface area contributed by atoms with E-state index in [2.05, 4.69) is 15.1 Å². The van der Waals surface area contributed by atoms with Crippen LogP contribution in [0.4, 0.5) is 4.39 Å². The number of H-pyrrole nitrogens is 1. The van der Waals surface area contributed by atoms with Crippen LogP contribution in [0.15, 0.2) is 30.7 Å². The van der Waals surface area contributed by atoms with Gasteiger partial charge in [-0.15, -0.1) is 0 Å². The van der Waals surface area contributed by atoms with Crippen LogP contribution < -0.4 is 0 Å². The summed E-state index contributed by atoms with van der Waals surface area (Å²) in [5.41, 5.74) is 1.34. The third-order valence-electron chi connectivity index (χ3n) is 2.53. The fraction of sp³-hybridized carbons (Fsp3) is 0. The molecule has 0 saturated heterocycles. The molecule has 1 N–H and O–H groups in total. The molecule has 0 aliphatic carbocycles. The summed E-state index contributed by atoms with van der Waals surface area (Å²) in [5.74, 6) is -0.466. The van der Waals surface area contributed by atoms with E-state index in [1.165, 1.54) is 18.5 Å². The molecule has 2 heterocycles. The van der Waals surface area contributed by atoms with Crippen LogP contribution in [0, 0.1) is 10.5 Å². The van der Waals surface area contributed by atoms with Gasteiger partial charge in [0, 0.05) is 0 Å². The predicted octanol–water partition coefficient (Wildman–Crippen LogP) is 3.27. The van der Waals surface area contributed by atoms with Crippen LogP contribution in [0.5, 0.6) is 0 Å². The highest BCUT2D eigenvalue weighted by Gasteiger charge is 2.08. The molecule has 0 aliphatic heterocycles. The lowest BCUT2D eigenvalue weighted by Gasteiger charge is -2.04. The van der Waals surface area contributed by atoms with Crippen LogP contribution in [-0.4, -0.2) is 19.7 Å². The van der Waals surface area contributed by atoms with Crippen molar-refractivity contribution in [3.05, 3.63) is 46.2 Å². The average molecular weight is 281 g/mol. The Morgan fingerprint density at radius 1 is 1.39 bits per heavy atom. The molecule has 0 amide bonds. The topological polar surface area (TPSA) is 46.5 Å². The summed E-state index contributed by atoms with van der Waals surface area (Å²) in [4.78, 5) is 6.92. The van der Waals surface area contributed by atoms with Crippen molar-refractivity contribution in [1.29, 1.82) is 0 Å². The molecule has 90 valence electrons. The molecule has 0 spiro atoms. The molecule has 3 aromatic rings. The Bertz CT molecular complexity index is 795. The van der Waals surface area contributed by atoms with Gasteiger partial charge < -0.3 is 4.98 Å². The third-order valence-corrected chi connectivity index (χ3v) is 3.15. The number of nitrogens with one attached hydrogen (secondary N) is 1. The van der Waals surface area contributed by atoms with Gasteiger partial charge in [0.25, 0.3) is 0 Å². The second-order valence-electron chi connectivity index (χ2n) is 3.62. The fourth-order valence-electron chi connectivity index (χ4n) is 1.68. The number of nitrogens with zero attached hydrogens (tertiary/aromatic N) is 3. The van der Waals surface area contributed by atoms with Crippen molar-refractivity contribution in [2.24, 2.45) is 0 Å². The van der Waals surface area contributed by atoms with E-state index in [9.17, 15) is 4.39 Å². The first-order chi connectivity index (χ1) is 8.66. The minimum atomic E-state index is -0.466. The van der Waals surface area contributed by atoms with E-state index in [1.54, 1.807) is 16.9 Å². The molecule has 18 heavy (non-hydrogen) atoms. The van der Waals surface area contributed by atoms with Crippen molar-refractivity contribution in [1.82, 2.24) is 19.7 Å². The van der Waals surface area contributed by atoms with Crippen molar-refractivity contribution < 1.29 is 4.39 Å². The van der Waals surface area contributed by atoms with Crippen molar-refractivity contribution in [3.8, 4) is 5.69 Å². The second kappa shape index (κ2) is 4.15. The zero-order chi connectivity index (χ0) is 12.7. The number of aromatic amines is 1. The number of halogens is 2. The maximum absolute atomic E-state index is 13.1. The zero-order valence-electron chi connectivity index (χ0n) is 8.89. The highest BCUT2D eigenvalue weighted by atomic mass is 35.5. The van der Waals surface area contributed by atoms with Crippen molar-refractivity contribution in [2.75, 3.05) is 0 Å². The maximum Gasteiger partial charge on any atom is 0.145 e. The molecule has 7 heteroatoms. The largest absolute Gasteiger partial charge is 0.330 e. The Labute approximate surface area is 111 Å². The van der Waals surface area contributed by atoms with Gasteiger partial charge in [0.05, 0.1) is 28.6 Å². The number of aromatic nitrogens is 4. The van der Waals surface area contributed by atoms with E-state index in [4.69, 9.17) is 23.8 Å². The van der Waals surface area contributed by atoms with E-state index >= 15 is 0 Å². The predicted molar refractivity (Wildman–Crippen MR) is 69.0 cm³/mol. The highest BCUT2D eigenvalue weighted by molar-refractivity contribution is 7.71. The van der Waals surface area contributed by atoms with Crippen LogP contribution in [0.2, 0.25) is 5.02 Å². The van der Waals surface area contributed by atoms with Gasteiger partial charge in [-0.2, -0.15) is 5.10 Å². The fourth-order valence-corrected chi connectivity index (χ4v) is 2.05. The third kappa shape index (κ3) is 1.70. The van der Waals surface area contributed by atoms with Crippen LogP contribution in [0.1, 0.15) is 0 Å². The zero-order valence-corrected chi connectivity index (χ0v) is 10.5. The molecule has 0 atom stereocenters. The van der Waals surface area contributed by atoms with Gasteiger partial charge in [-0.05, 0) is 18.2 Å². The van der Waals surface area contributed by atoms with Gasteiger partial charge in [0.1, 0.15) is 16.1 Å². The molecule has 2 aromatic heterocycles. The molecular weight excluding hydrogens is 275 g/mol. The molecule has 0 aliphatic rings. The minimum absolute atomic E-state index is 0.0452. The van der Waals surface area contributed by atoms with Gasteiger partial charge >= 0.3 is 0 Å². The minimum Gasteiger partial charge on any atom is -0.330 e. The molecule has 1 aromatic carbocycles. The Hall–Kier alpha value is -1.79. The lowest BCUT2D eigenvalue weighted by molar-refractivity contribution is 0.627. The van der Waals surface area contributed by atoms with Gasteiger partial charge in [-0.1, -0.05) is 23.8 Å². The van der Waals surface area contributed by atoms with Gasteiger partial charge in [0.15, 0.2) is 0 Å². The van der Waals surface area contributed by atoms with Crippen molar-refractivity contribution in [2.45, 2.75) is 0 Å². The lowest BCUT2D eigenvalue weighted by Crippen LogP contribution is -1.98. The maximum atomic E-state index is 13.1. The summed E-state index contributed by atoms with van der Waals surface area (Å²) in [6.07, 6.45) is 3.10. The number of fused-ring (bicyclic) bond motifs is 1. The highest BCUT2D eigenvalue weighted by Crippen LogP contribution is 2.21. The van der Waals surface area contributed by atoms with E-state index in [0.717, 1.165) is 5.39 Å². The van der Waals surface area contributed by atoms with Crippen LogP contribution >= 0.6 is 23.8 Å². The quantitative estimate of drug-likeness (QED) is 0.696. The van der Waals surface area contributed by atoms with E-state index in [1.807, 2.05) is 0 Å². The Morgan fingerprint density at radius 2 is 2.22 bits per heavy atom. The first kappa shape index (κ1) is 11.3. The van der Waals surface area contributed by atoms with Gasteiger partial charge in [-0.3, -0.25) is 0 Å². The van der Waals surface area contributed by atoms with Crippen molar-refractivity contribution in [3.63, 3.8) is 0 Å². The molecular formula is C11H6ClFN4S. The molecule has 0 saturated carbocycles.